The zero-order valence-electron chi connectivity index (χ0n) is 9.82. The van der Waals surface area contributed by atoms with Gasteiger partial charge >= 0.3 is 0 Å². The maximum absolute atomic E-state index is 11.5. The van der Waals surface area contributed by atoms with E-state index in [4.69, 9.17) is 0 Å². The smallest absolute Gasteiger partial charge is 0.251 e. The minimum atomic E-state index is -0.162. The largest absolute Gasteiger partial charge is 0.314 e. The van der Waals surface area contributed by atoms with Crippen LogP contribution in [0.15, 0.2) is 29.2 Å². The standard InChI is InChI=1S/C12H14N4O/c1-8-4-3-5-14-11(8)12-15-9(7-13-2)6-10(17)16-12/h3-6,13H,7H2,1-2H3,(H,15,16,17). The van der Waals surface area contributed by atoms with Crippen LogP contribution in [0.4, 0.5) is 0 Å². The van der Waals surface area contributed by atoms with Gasteiger partial charge in [-0.25, -0.2) is 4.98 Å². The van der Waals surface area contributed by atoms with Gasteiger partial charge in [0.05, 0.1) is 5.69 Å². The lowest BCUT2D eigenvalue weighted by Gasteiger charge is -2.05. The van der Waals surface area contributed by atoms with Crippen LogP contribution in [0.25, 0.3) is 11.5 Å². The second-order valence-electron chi connectivity index (χ2n) is 3.78. The Labute approximate surface area is 99.0 Å². The Kier molecular flexibility index (Phi) is 3.30. The molecule has 0 aromatic carbocycles. The molecule has 2 N–H and O–H groups in total. The predicted molar refractivity (Wildman–Crippen MR) is 65.6 cm³/mol. The van der Waals surface area contributed by atoms with Gasteiger partial charge in [0.1, 0.15) is 5.69 Å². The molecular weight excluding hydrogens is 216 g/mol. The molecule has 0 unspecified atom stereocenters. The van der Waals surface area contributed by atoms with Gasteiger partial charge in [0, 0.05) is 18.8 Å². The minimum absolute atomic E-state index is 0.162. The molecule has 0 aliphatic rings. The summed E-state index contributed by atoms with van der Waals surface area (Å²) in [5, 5.41) is 2.97. The molecule has 0 aliphatic carbocycles. The third kappa shape index (κ3) is 2.57. The number of aromatic amines is 1. The molecule has 5 heteroatoms. The van der Waals surface area contributed by atoms with Crippen molar-refractivity contribution in [2.45, 2.75) is 13.5 Å². The maximum atomic E-state index is 11.5. The molecule has 0 atom stereocenters. The van der Waals surface area contributed by atoms with Gasteiger partial charge in [-0.15, -0.1) is 0 Å². The third-order valence-corrected chi connectivity index (χ3v) is 2.39. The fraction of sp³-hybridized carbons (Fsp3) is 0.250. The molecule has 0 spiro atoms. The van der Waals surface area contributed by atoms with Crippen molar-refractivity contribution in [2.24, 2.45) is 0 Å². The number of pyridine rings is 1. The first-order valence-corrected chi connectivity index (χ1v) is 5.37. The zero-order valence-corrected chi connectivity index (χ0v) is 9.82. The van der Waals surface area contributed by atoms with Crippen molar-refractivity contribution in [3.8, 4) is 11.5 Å². The first-order valence-electron chi connectivity index (χ1n) is 5.37. The number of aromatic nitrogens is 3. The Morgan fingerprint density at radius 2 is 2.29 bits per heavy atom. The Morgan fingerprint density at radius 3 is 3.00 bits per heavy atom. The lowest BCUT2D eigenvalue weighted by molar-refractivity contribution is 0.784. The summed E-state index contributed by atoms with van der Waals surface area (Å²) in [6.07, 6.45) is 1.69. The topological polar surface area (TPSA) is 70.7 Å². The summed E-state index contributed by atoms with van der Waals surface area (Å²) in [7, 11) is 1.81. The van der Waals surface area contributed by atoms with E-state index < -0.39 is 0 Å². The molecule has 88 valence electrons. The molecule has 17 heavy (non-hydrogen) atoms. The summed E-state index contributed by atoms with van der Waals surface area (Å²) in [6.45, 7) is 2.50. The highest BCUT2D eigenvalue weighted by atomic mass is 16.1. The molecule has 0 saturated carbocycles. The number of hydrogen-bond donors (Lipinski definition) is 2. The summed E-state index contributed by atoms with van der Waals surface area (Å²) in [5.41, 5.74) is 2.24. The number of hydrogen-bond acceptors (Lipinski definition) is 4. The van der Waals surface area contributed by atoms with Crippen molar-refractivity contribution in [3.05, 3.63) is 46.0 Å². The highest BCUT2D eigenvalue weighted by Crippen LogP contribution is 2.14. The van der Waals surface area contributed by atoms with Crippen LogP contribution in [0.3, 0.4) is 0 Å². The molecule has 2 aromatic rings. The number of rotatable bonds is 3. The molecule has 0 aliphatic heterocycles. The zero-order chi connectivity index (χ0) is 12.3. The first-order chi connectivity index (χ1) is 8.20. The van der Waals surface area contributed by atoms with E-state index in [0.29, 0.717) is 23.8 Å². The Balaban J connectivity index is 2.52. The summed E-state index contributed by atoms with van der Waals surface area (Å²) in [5.74, 6) is 0.515. The van der Waals surface area contributed by atoms with E-state index >= 15 is 0 Å². The van der Waals surface area contributed by atoms with E-state index in [1.54, 1.807) is 6.20 Å². The average molecular weight is 230 g/mol. The predicted octanol–water partition coefficient (Wildman–Crippen LogP) is 0.860. The van der Waals surface area contributed by atoms with Crippen LogP contribution in [0.1, 0.15) is 11.3 Å². The van der Waals surface area contributed by atoms with Gasteiger partial charge in [0.25, 0.3) is 5.56 Å². The fourth-order valence-electron chi connectivity index (χ4n) is 1.63. The van der Waals surface area contributed by atoms with E-state index in [0.717, 1.165) is 5.56 Å². The molecule has 2 heterocycles. The van der Waals surface area contributed by atoms with E-state index in [2.05, 4.69) is 20.3 Å². The highest BCUT2D eigenvalue weighted by Gasteiger charge is 2.07. The SMILES string of the molecule is CNCc1cc(=O)[nH]c(-c2ncccc2C)n1. The normalized spacial score (nSPS) is 10.5. The van der Waals surface area contributed by atoms with Crippen molar-refractivity contribution in [3.63, 3.8) is 0 Å². The molecule has 0 saturated heterocycles. The minimum Gasteiger partial charge on any atom is -0.314 e. The molecule has 0 bridgehead atoms. The number of H-pyrrole nitrogens is 1. The van der Waals surface area contributed by atoms with Crippen molar-refractivity contribution in [1.82, 2.24) is 20.3 Å². The van der Waals surface area contributed by atoms with Crippen LogP contribution in [-0.2, 0) is 6.54 Å². The summed E-state index contributed by atoms with van der Waals surface area (Å²) in [6, 6.07) is 5.28. The lowest BCUT2D eigenvalue weighted by Crippen LogP contribution is -2.15. The maximum Gasteiger partial charge on any atom is 0.251 e. The van der Waals surface area contributed by atoms with Gasteiger partial charge in [-0.1, -0.05) is 6.07 Å². The van der Waals surface area contributed by atoms with Crippen molar-refractivity contribution >= 4 is 0 Å². The lowest BCUT2D eigenvalue weighted by atomic mass is 10.2. The van der Waals surface area contributed by atoms with Gasteiger partial charge in [0.15, 0.2) is 5.82 Å². The van der Waals surface area contributed by atoms with Gasteiger partial charge in [0.2, 0.25) is 0 Å². The third-order valence-electron chi connectivity index (χ3n) is 2.39. The second kappa shape index (κ2) is 4.88. The van der Waals surface area contributed by atoms with Gasteiger partial charge in [-0.05, 0) is 25.6 Å². The molecule has 0 radical (unpaired) electrons. The Hall–Kier alpha value is -2.01. The molecule has 5 nitrogen and oxygen atoms in total. The summed E-state index contributed by atoms with van der Waals surface area (Å²) in [4.78, 5) is 22.8. The van der Waals surface area contributed by atoms with Crippen LogP contribution < -0.4 is 10.9 Å². The quantitative estimate of drug-likeness (QED) is 0.820. The van der Waals surface area contributed by atoms with E-state index in [9.17, 15) is 4.79 Å². The number of nitrogens with zero attached hydrogens (tertiary/aromatic N) is 2. The number of nitrogens with one attached hydrogen (secondary N) is 2. The van der Waals surface area contributed by atoms with Gasteiger partial charge < -0.3 is 10.3 Å². The number of aryl methyl sites for hydroxylation is 1. The van der Waals surface area contributed by atoms with Crippen LogP contribution in [0.5, 0.6) is 0 Å². The Morgan fingerprint density at radius 1 is 1.47 bits per heavy atom. The molecule has 2 rings (SSSR count). The van der Waals surface area contributed by atoms with Crippen molar-refractivity contribution in [1.29, 1.82) is 0 Å². The van der Waals surface area contributed by atoms with Gasteiger partial charge in [-0.2, -0.15) is 0 Å². The molecule has 2 aromatic heterocycles. The molecule has 0 fully saturated rings. The van der Waals surface area contributed by atoms with E-state index in [1.807, 2.05) is 26.1 Å². The van der Waals surface area contributed by atoms with Gasteiger partial charge in [-0.3, -0.25) is 9.78 Å². The van der Waals surface area contributed by atoms with E-state index in [-0.39, 0.29) is 5.56 Å². The fourth-order valence-corrected chi connectivity index (χ4v) is 1.63. The van der Waals surface area contributed by atoms with Crippen molar-refractivity contribution in [2.75, 3.05) is 7.05 Å². The van der Waals surface area contributed by atoms with Crippen LogP contribution in [0, 0.1) is 6.92 Å². The summed E-state index contributed by atoms with van der Waals surface area (Å²) < 4.78 is 0. The van der Waals surface area contributed by atoms with Crippen molar-refractivity contribution < 1.29 is 0 Å². The average Bonchev–Trinajstić information content (AvgIpc) is 2.29. The second-order valence-corrected chi connectivity index (χ2v) is 3.78. The molecule has 0 amide bonds. The summed E-state index contributed by atoms with van der Waals surface area (Å²) >= 11 is 0. The van der Waals surface area contributed by atoms with Crippen LogP contribution in [0.2, 0.25) is 0 Å². The monoisotopic (exact) mass is 230 g/mol. The highest BCUT2D eigenvalue weighted by molar-refractivity contribution is 5.53. The Bertz CT molecular complexity index is 577. The van der Waals surface area contributed by atoms with E-state index in [1.165, 1.54) is 6.07 Å². The van der Waals surface area contributed by atoms with Crippen LogP contribution in [-0.4, -0.2) is 22.0 Å². The molecular formula is C12H14N4O. The first kappa shape index (κ1) is 11.5. The van der Waals surface area contributed by atoms with Crippen LogP contribution >= 0.6 is 0 Å².